The van der Waals surface area contributed by atoms with Crippen LogP contribution >= 0.6 is 23.2 Å². The summed E-state index contributed by atoms with van der Waals surface area (Å²) in [7, 11) is 0. The molecule has 2 nitrogen and oxygen atoms in total. The minimum atomic E-state index is 0.266. The number of benzene rings is 1. The van der Waals surface area contributed by atoms with E-state index in [1.54, 1.807) is 0 Å². The number of aliphatic hydroxyl groups is 1. The second kappa shape index (κ2) is 6.76. The van der Waals surface area contributed by atoms with Gasteiger partial charge in [0.05, 0.1) is 10.0 Å². The largest absolute Gasteiger partial charge is 0.396 e. The molecule has 1 saturated heterocycles. The maximum Gasteiger partial charge on any atom is 0.0595 e. The average Bonchev–Trinajstić information content (AvgIpc) is 2.37. The molecule has 0 bridgehead atoms. The van der Waals surface area contributed by atoms with Crippen molar-refractivity contribution < 1.29 is 5.11 Å². The van der Waals surface area contributed by atoms with Crippen LogP contribution in [-0.4, -0.2) is 29.2 Å². The first-order valence-electron chi connectivity index (χ1n) is 6.49. The first-order valence-corrected chi connectivity index (χ1v) is 7.25. The fraction of sp³-hybridized carbons (Fsp3) is 0.571. The van der Waals surface area contributed by atoms with Crippen LogP contribution in [0.4, 0.5) is 0 Å². The monoisotopic (exact) mass is 287 g/mol. The van der Waals surface area contributed by atoms with E-state index in [2.05, 4.69) is 4.90 Å². The first-order chi connectivity index (χ1) is 8.70. The number of piperidine rings is 1. The molecule has 1 aliphatic heterocycles. The number of nitrogens with zero attached hydrogens (tertiary/aromatic N) is 1. The Bertz CT molecular complexity index is 395. The highest BCUT2D eigenvalue weighted by molar-refractivity contribution is 6.42. The standard InChI is InChI=1S/C14H19Cl2NO/c15-13-5-4-11(9-14(13)16)10-17-7-2-1-3-12(17)6-8-18/h4-5,9,12,18H,1-3,6-8,10H2. The van der Waals surface area contributed by atoms with Gasteiger partial charge in [0.2, 0.25) is 0 Å². The number of hydrogen-bond acceptors (Lipinski definition) is 2. The molecule has 1 aromatic carbocycles. The Morgan fingerprint density at radius 3 is 2.78 bits per heavy atom. The van der Waals surface area contributed by atoms with Gasteiger partial charge in [-0.2, -0.15) is 0 Å². The maximum absolute atomic E-state index is 9.12. The Hall–Kier alpha value is -0.280. The zero-order valence-corrected chi connectivity index (χ0v) is 11.9. The van der Waals surface area contributed by atoms with Crippen LogP contribution < -0.4 is 0 Å². The van der Waals surface area contributed by atoms with E-state index in [9.17, 15) is 0 Å². The van der Waals surface area contributed by atoms with Gasteiger partial charge in [-0.15, -0.1) is 0 Å². The predicted molar refractivity (Wildman–Crippen MR) is 76.2 cm³/mol. The van der Waals surface area contributed by atoms with Gasteiger partial charge in [0.15, 0.2) is 0 Å². The van der Waals surface area contributed by atoms with E-state index in [-0.39, 0.29) is 6.61 Å². The highest BCUT2D eigenvalue weighted by atomic mass is 35.5. The van der Waals surface area contributed by atoms with Crippen molar-refractivity contribution in [3.8, 4) is 0 Å². The van der Waals surface area contributed by atoms with Crippen LogP contribution in [0.5, 0.6) is 0 Å². The summed E-state index contributed by atoms with van der Waals surface area (Å²) in [5.41, 5.74) is 1.19. The number of hydrogen-bond donors (Lipinski definition) is 1. The summed E-state index contributed by atoms with van der Waals surface area (Å²) in [6.45, 7) is 2.26. The SMILES string of the molecule is OCCC1CCCCN1Cc1ccc(Cl)c(Cl)c1. The molecule has 0 aromatic heterocycles. The second-order valence-corrected chi connectivity index (χ2v) is 5.70. The normalized spacial score (nSPS) is 21.2. The van der Waals surface area contributed by atoms with E-state index in [0.717, 1.165) is 19.5 Å². The van der Waals surface area contributed by atoms with E-state index in [0.29, 0.717) is 16.1 Å². The van der Waals surface area contributed by atoms with Crippen LogP contribution in [0.3, 0.4) is 0 Å². The fourth-order valence-electron chi connectivity index (χ4n) is 2.62. The molecule has 1 unspecified atom stereocenters. The molecule has 2 rings (SSSR count). The van der Waals surface area contributed by atoms with Gasteiger partial charge >= 0.3 is 0 Å². The van der Waals surface area contributed by atoms with Gasteiger partial charge in [0, 0.05) is 19.2 Å². The summed E-state index contributed by atoms with van der Waals surface area (Å²) in [6, 6.07) is 6.32. The van der Waals surface area contributed by atoms with Gasteiger partial charge in [0.1, 0.15) is 0 Å². The Morgan fingerprint density at radius 2 is 2.06 bits per heavy atom. The van der Waals surface area contributed by atoms with Gasteiger partial charge in [-0.05, 0) is 43.5 Å². The van der Waals surface area contributed by atoms with Crippen molar-refractivity contribution in [1.29, 1.82) is 0 Å². The molecule has 0 spiro atoms. The van der Waals surface area contributed by atoms with Gasteiger partial charge in [-0.25, -0.2) is 0 Å². The fourth-order valence-corrected chi connectivity index (χ4v) is 2.94. The lowest BCUT2D eigenvalue weighted by Crippen LogP contribution is -2.39. The van der Waals surface area contributed by atoms with Crippen molar-refractivity contribution in [1.82, 2.24) is 4.90 Å². The lowest BCUT2D eigenvalue weighted by atomic mass is 9.99. The molecule has 1 fully saturated rings. The Labute approximate surface area is 119 Å². The maximum atomic E-state index is 9.12. The topological polar surface area (TPSA) is 23.5 Å². The van der Waals surface area contributed by atoms with Gasteiger partial charge in [-0.3, -0.25) is 4.90 Å². The van der Waals surface area contributed by atoms with Crippen LogP contribution in [0.25, 0.3) is 0 Å². The summed E-state index contributed by atoms with van der Waals surface area (Å²) in [6.07, 6.45) is 4.55. The van der Waals surface area contributed by atoms with Gasteiger partial charge in [-0.1, -0.05) is 35.7 Å². The Morgan fingerprint density at radius 1 is 1.22 bits per heavy atom. The lowest BCUT2D eigenvalue weighted by molar-refractivity contribution is 0.112. The van der Waals surface area contributed by atoms with Crippen LogP contribution in [0.15, 0.2) is 18.2 Å². The molecule has 1 aromatic rings. The van der Waals surface area contributed by atoms with Crippen molar-refractivity contribution in [3.63, 3.8) is 0 Å². The molecule has 1 aliphatic rings. The molecule has 0 radical (unpaired) electrons. The predicted octanol–water partition coefficient (Wildman–Crippen LogP) is 3.73. The van der Waals surface area contributed by atoms with Crippen LogP contribution in [0, 0.1) is 0 Å². The molecule has 0 aliphatic carbocycles. The van der Waals surface area contributed by atoms with Gasteiger partial charge < -0.3 is 5.11 Å². The van der Waals surface area contributed by atoms with Crippen LogP contribution in [0.1, 0.15) is 31.2 Å². The molecule has 0 amide bonds. The number of rotatable bonds is 4. The number of halogens is 2. The van der Waals surface area contributed by atoms with Crippen molar-refractivity contribution in [2.75, 3.05) is 13.2 Å². The smallest absolute Gasteiger partial charge is 0.0595 e. The van der Waals surface area contributed by atoms with E-state index >= 15 is 0 Å². The molecular formula is C14H19Cl2NO. The molecule has 18 heavy (non-hydrogen) atoms. The summed E-state index contributed by atoms with van der Waals surface area (Å²) in [5.74, 6) is 0. The third-order valence-corrected chi connectivity index (χ3v) is 4.32. The van der Waals surface area contributed by atoms with E-state index in [1.807, 2.05) is 18.2 Å². The third kappa shape index (κ3) is 3.61. The molecular weight excluding hydrogens is 269 g/mol. The van der Waals surface area contributed by atoms with Crippen LogP contribution in [0.2, 0.25) is 10.0 Å². The van der Waals surface area contributed by atoms with Crippen molar-refractivity contribution in [3.05, 3.63) is 33.8 Å². The van der Waals surface area contributed by atoms with Crippen molar-refractivity contribution >= 4 is 23.2 Å². The summed E-state index contributed by atoms with van der Waals surface area (Å²) in [5, 5.41) is 10.3. The number of aliphatic hydroxyl groups excluding tert-OH is 1. The second-order valence-electron chi connectivity index (χ2n) is 4.88. The third-order valence-electron chi connectivity index (χ3n) is 3.58. The summed E-state index contributed by atoms with van der Waals surface area (Å²) in [4.78, 5) is 2.44. The minimum Gasteiger partial charge on any atom is -0.396 e. The zero-order chi connectivity index (χ0) is 13.0. The van der Waals surface area contributed by atoms with Crippen LogP contribution in [-0.2, 0) is 6.54 Å². The van der Waals surface area contributed by atoms with E-state index in [1.165, 1.54) is 24.8 Å². The molecule has 1 heterocycles. The van der Waals surface area contributed by atoms with E-state index < -0.39 is 0 Å². The molecule has 4 heteroatoms. The van der Waals surface area contributed by atoms with Crippen molar-refractivity contribution in [2.24, 2.45) is 0 Å². The van der Waals surface area contributed by atoms with Gasteiger partial charge in [0.25, 0.3) is 0 Å². The summed E-state index contributed by atoms with van der Waals surface area (Å²) >= 11 is 12.0. The van der Waals surface area contributed by atoms with Crippen molar-refractivity contribution in [2.45, 2.75) is 38.3 Å². The molecule has 1 N–H and O–H groups in total. The highest BCUT2D eigenvalue weighted by Gasteiger charge is 2.21. The average molecular weight is 288 g/mol. The molecule has 100 valence electrons. The lowest BCUT2D eigenvalue weighted by Gasteiger charge is -2.35. The highest BCUT2D eigenvalue weighted by Crippen LogP contribution is 2.26. The quantitative estimate of drug-likeness (QED) is 0.912. The first kappa shape index (κ1) is 14.1. The Kier molecular flexibility index (Phi) is 5.31. The molecule has 0 saturated carbocycles. The minimum absolute atomic E-state index is 0.266. The summed E-state index contributed by atoms with van der Waals surface area (Å²) < 4.78 is 0. The van der Waals surface area contributed by atoms with E-state index in [4.69, 9.17) is 28.3 Å². The zero-order valence-electron chi connectivity index (χ0n) is 10.4. The number of likely N-dealkylation sites (tertiary alicyclic amines) is 1. The Balaban J connectivity index is 2.03. The molecule has 1 atom stereocenters.